The Hall–Kier alpha value is -1.89. The molecule has 0 aliphatic carbocycles. The molecular weight excluding hydrogens is 246 g/mol. The van der Waals surface area contributed by atoms with Gasteiger partial charge in [-0.25, -0.2) is 9.97 Å². The molecular formula is C12H21N5O2. The lowest BCUT2D eigenvalue weighted by Crippen LogP contribution is -2.28. The molecule has 1 aromatic heterocycles. The summed E-state index contributed by atoms with van der Waals surface area (Å²) in [6.45, 7) is 4.39. The topological polar surface area (TPSA) is 88.2 Å². The summed E-state index contributed by atoms with van der Waals surface area (Å²) in [7, 11) is 1.60. The molecule has 0 unspecified atom stereocenters. The zero-order chi connectivity index (χ0) is 13.9. The van der Waals surface area contributed by atoms with E-state index in [2.05, 4.69) is 25.9 Å². The molecule has 0 bridgehead atoms. The van der Waals surface area contributed by atoms with E-state index in [1.165, 1.54) is 6.33 Å². The number of hydrogen-bond donors (Lipinski definition) is 3. The Morgan fingerprint density at radius 2 is 2.00 bits per heavy atom. The van der Waals surface area contributed by atoms with Gasteiger partial charge in [0.25, 0.3) is 0 Å². The maximum Gasteiger partial charge on any atom is 0.221 e. The van der Waals surface area contributed by atoms with Crippen LogP contribution in [-0.4, -0.2) is 49.2 Å². The Kier molecular flexibility index (Phi) is 7.26. The highest BCUT2D eigenvalue weighted by Gasteiger charge is 2.01. The van der Waals surface area contributed by atoms with E-state index in [-0.39, 0.29) is 5.91 Å². The van der Waals surface area contributed by atoms with Crippen molar-refractivity contribution in [2.45, 2.75) is 13.3 Å². The molecule has 1 rings (SSSR count). The smallest absolute Gasteiger partial charge is 0.221 e. The van der Waals surface area contributed by atoms with Gasteiger partial charge in [0.05, 0.1) is 6.61 Å². The van der Waals surface area contributed by atoms with Crippen LogP contribution in [0.5, 0.6) is 0 Å². The third-order valence-electron chi connectivity index (χ3n) is 2.31. The quantitative estimate of drug-likeness (QED) is 0.564. The Labute approximate surface area is 113 Å². The highest BCUT2D eigenvalue weighted by molar-refractivity contribution is 5.76. The van der Waals surface area contributed by atoms with Gasteiger partial charge < -0.3 is 20.7 Å². The minimum Gasteiger partial charge on any atom is -0.383 e. The van der Waals surface area contributed by atoms with E-state index in [1.807, 2.05) is 13.0 Å². The molecule has 0 aliphatic heterocycles. The van der Waals surface area contributed by atoms with E-state index < -0.39 is 0 Å². The molecule has 0 saturated heterocycles. The molecule has 1 amide bonds. The monoisotopic (exact) mass is 267 g/mol. The SMILES string of the molecule is CCNc1cc(NCCC(=O)NCCOC)ncn1. The van der Waals surface area contributed by atoms with Crippen molar-refractivity contribution in [1.29, 1.82) is 0 Å². The highest BCUT2D eigenvalue weighted by atomic mass is 16.5. The second-order valence-electron chi connectivity index (χ2n) is 3.84. The average molecular weight is 267 g/mol. The van der Waals surface area contributed by atoms with Crippen molar-refractivity contribution in [2.24, 2.45) is 0 Å². The van der Waals surface area contributed by atoms with Gasteiger partial charge in [-0.2, -0.15) is 0 Å². The predicted molar refractivity (Wildman–Crippen MR) is 74.2 cm³/mol. The summed E-state index contributed by atoms with van der Waals surface area (Å²) in [6.07, 6.45) is 1.88. The summed E-state index contributed by atoms with van der Waals surface area (Å²) < 4.78 is 4.85. The third kappa shape index (κ3) is 6.56. The maximum absolute atomic E-state index is 11.4. The second kappa shape index (κ2) is 9.09. The normalized spacial score (nSPS) is 10.0. The lowest BCUT2D eigenvalue weighted by atomic mass is 10.4. The molecule has 0 aromatic carbocycles. The fraction of sp³-hybridized carbons (Fsp3) is 0.583. The molecule has 0 fully saturated rings. The van der Waals surface area contributed by atoms with Crippen LogP contribution in [0.1, 0.15) is 13.3 Å². The van der Waals surface area contributed by atoms with Gasteiger partial charge in [0.15, 0.2) is 0 Å². The van der Waals surface area contributed by atoms with Crippen molar-refractivity contribution in [3.05, 3.63) is 12.4 Å². The highest BCUT2D eigenvalue weighted by Crippen LogP contribution is 2.07. The fourth-order valence-electron chi connectivity index (χ4n) is 1.42. The molecule has 106 valence electrons. The zero-order valence-electron chi connectivity index (χ0n) is 11.4. The van der Waals surface area contributed by atoms with Crippen LogP contribution < -0.4 is 16.0 Å². The van der Waals surface area contributed by atoms with Gasteiger partial charge in [-0.1, -0.05) is 0 Å². The van der Waals surface area contributed by atoms with E-state index >= 15 is 0 Å². The van der Waals surface area contributed by atoms with Crippen LogP contribution in [0.15, 0.2) is 12.4 Å². The van der Waals surface area contributed by atoms with Crippen LogP contribution in [0.4, 0.5) is 11.6 Å². The number of amides is 1. The van der Waals surface area contributed by atoms with E-state index in [0.29, 0.717) is 31.9 Å². The number of carbonyl (C=O) groups is 1. The standard InChI is InChI=1S/C12H21N5O2/c1-3-13-10-8-11(17-9-16-10)14-5-4-12(18)15-6-7-19-2/h8-9H,3-7H2,1-2H3,(H,15,18)(H2,13,14,16,17). The molecule has 0 atom stereocenters. The third-order valence-corrected chi connectivity index (χ3v) is 2.31. The second-order valence-corrected chi connectivity index (χ2v) is 3.84. The number of ether oxygens (including phenoxy) is 1. The number of nitrogens with zero attached hydrogens (tertiary/aromatic N) is 2. The van der Waals surface area contributed by atoms with Crippen molar-refractivity contribution >= 4 is 17.5 Å². The minimum atomic E-state index is -0.00878. The summed E-state index contributed by atoms with van der Waals surface area (Å²) in [5.74, 6) is 1.46. The van der Waals surface area contributed by atoms with Gasteiger partial charge in [0, 0.05) is 39.2 Å². The number of nitrogens with one attached hydrogen (secondary N) is 3. The Balaban J connectivity index is 2.24. The number of rotatable bonds is 9. The number of methoxy groups -OCH3 is 1. The number of aromatic nitrogens is 2. The predicted octanol–water partition coefficient (Wildman–Crippen LogP) is 0.473. The van der Waals surface area contributed by atoms with Crippen LogP contribution in [0, 0.1) is 0 Å². The molecule has 3 N–H and O–H groups in total. The first-order valence-corrected chi connectivity index (χ1v) is 6.31. The Bertz CT molecular complexity index is 386. The van der Waals surface area contributed by atoms with Gasteiger partial charge in [-0.05, 0) is 6.92 Å². The summed E-state index contributed by atoms with van der Waals surface area (Å²) in [5, 5.41) is 8.93. The van der Waals surface area contributed by atoms with Crippen LogP contribution in [0.25, 0.3) is 0 Å². The first-order chi connectivity index (χ1) is 9.26. The Morgan fingerprint density at radius 3 is 2.68 bits per heavy atom. The number of carbonyl (C=O) groups excluding carboxylic acids is 1. The molecule has 0 aliphatic rings. The molecule has 19 heavy (non-hydrogen) atoms. The molecule has 1 heterocycles. The van der Waals surface area contributed by atoms with Crippen LogP contribution >= 0.6 is 0 Å². The number of hydrogen-bond acceptors (Lipinski definition) is 6. The maximum atomic E-state index is 11.4. The van der Waals surface area contributed by atoms with Crippen molar-refractivity contribution in [3.63, 3.8) is 0 Å². The van der Waals surface area contributed by atoms with Gasteiger partial charge in [-0.3, -0.25) is 4.79 Å². The summed E-state index contributed by atoms with van der Waals surface area (Å²) in [4.78, 5) is 19.6. The molecule has 0 radical (unpaired) electrons. The molecule has 7 nitrogen and oxygen atoms in total. The van der Waals surface area contributed by atoms with Crippen LogP contribution in [0.2, 0.25) is 0 Å². The van der Waals surface area contributed by atoms with Crippen molar-refractivity contribution in [3.8, 4) is 0 Å². The van der Waals surface area contributed by atoms with Gasteiger partial charge in [0.1, 0.15) is 18.0 Å². The molecule has 1 aromatic rings. The van der Waals surface area contributed by atoms with Gasteiger partial charge >= 0.3 is 0 Å². The lowest BCUT2D eigenvalue weighted by Gasteiger charge is -2.08. The lowest BCUT2D eigenvalue weighted by molar-refractivity contribution is -0.121. The Morgan fingerprint density at radius 1 is 1.26 bits per heavy atom. The van der Waals surface area contributed by atoms with Gasteiger partial charge in [0.2, 0.25) is 5.91 Å². The fourth-order valence-corrected chi connectivity index (χ4v) is 1.42. The summed E-state index contributed by atoms with van der Waals surface area (Å²) >= 11 is 0. The molecule has 0 saturated carbocycles. The largest absolute Gasteiger partial charge is 0.383 e. The van der Waals surface area contributed by atoms with Crippen LogP contribution in [0.3, 0.4) is 0 Å². The van der Waals surface area contributed by atoms with E-state index in [9.17, 15) is 4.79 Å². The number of anilines is 2. The minimum absolute atomic E-state index is 0.00878. The molecule has 7 heteroatoms. The molecule has 0 spiro atoms. The summed E-state index contributed by atoms with van der Waals surface area (Å²) in [5.41, 5.74) is 0. The zero-order valence-corrected chi connectivity index (χ0v) is 11.4. The average Bonchev–Trinajstić information content (AvgIpc) is 2.40. The van der Waals surface area contributed by atoms with Crippen molar-refractivity contribution < 1.29 is 9.53 Å². The van der Waals surface area contributed by atoms with E-state index in [4.69, 9.17) is 4.74 Å². The van der Waals surface area contributed by atoms with E-state index in [1.54, 1.807) is 7.11 Å². The van der Waals surface area contributed by atoms with Crippen LogP contribution in [-0.2, 0) is 9.53 Å². The first-order valence-electron chi connectivity index (χ1n) is 6.31. The van der Waals surface area contributed by atoms with E-state index in [0.717, 1.165) is 12.4 Å². The van der Waals surface area contributed by atoms with Gasteiger partial charge in [-0.15, -0.1) is 0 Å². The van der Waals surface area contributed by atoms with Crippen molar-refractivity contribution in [1.82, 2.24) is 15.3 Å². The van der Waals surface area contributed by atoms with Crippen molar-refractivity contribution in [2.75, 3.05) is 44.0 Å². The summed E-state index contributed by atoms with van der Waals surface area (Å²) in [6, 6.07) is 1.81. The first kappa shape index (κ1) is 15.2.